The fourth-order valence-electron chi connectivity index (χ4n) is 1.69. The summed E-state index contributed by atoms with van der Waals surface area (Å²) in [6.07, 6.45) is 0. The van der Waals surface area contributed by atoms with Crippen molar-refractivity contribution in [2.75, 3.05) is 0 Å². The predicted molar refractivity (Wildman–Crippen MR) is 80.0 cm³/mol. The molecule has 0 aliphatic carbocycles. The Hall–Kier alpha value is -1.83. The number of para-hydroxylation sites is 1. The van der Waals surface area contributed by atoms with E-state index >= 15 is 0 Å². The van der Waals surface area contributed by atoms with Gasteiger partial charge in [0.15, 0.2) is 0 Å². The molecule has 0 aromatic heterocycles. The summed E-state index contributed by atoms with van der Waals surface area (Å²) in [6, 6.07) is 29.5. The molecule has 2 heteroatoms. The van der Waals surface area contributed by atoms with Crippen LogP contribution in [0.3, 0.4) is 0 Å². The summed E-state index contributed by atoms with van der Waals surface area (Å²) in [5.41, 5.74) is 2.55. The largest absolute Gasteiger partial charge is 0.508 e. The van der Waals surface area contributed by atoms with E-state index in [-0.39, 0.29) is 21.7 Å². The van der Waals surface area contributed by atoms with Crippen molar-refractivity contribution in [3.05, 3.63) is 91.0 Å². The first-order valence-electron chi connectivity index (χ1n) is 6.21. The summed E-state index contributed by atoms with van der Waals surface area (Å²) in [7, 11) is 0. The average Bonchev–Trinajstić information content (AvgIpc) is 2.51. The zero-order valence-electron chi connectivity index (χ0n) is 11.1. The smallest absolute Gasteiger partial charge is 0.115 e. The predicted octanol–water partition coefficient (Wildman–Crippen LogP) is 4.74. The molecule has 0 aliphatic heterocycles. The molecular weight excluding hydrogens is 280 g/mol. The fourth-order valence-corrected chi connectivity index (χ4v) is 1.69. The quantitative estimate of drug-likeness (QED) is 0.643. The van der Waals surface area contributed by atoms with E-state index in [4.69, 9.17) is 5.11 Å². The second kappa shape index (κ2) is 9.14. The van der Waals surface area contributed by atoms with Gasteiger partial charge in [0.1, 0.15) is 5.75 Å². The second-order valence-corrected chi connectivity index (χ2v) is 4.07. The monoisotopic (exact) mass is 296 g/mol. The van der Waals surface area contributed by atoms with Crippen molar-refractivity contribution >= 4 is 0 Å². The van der Waals surface area contributed by atoms with Crippen molar-refractivity contribution in [3.63, 3.8) is 0 Å². The molecule has 0 aliphatic rings. The SMILES string of the molecule is Oc1ccccc1.[Ti].c1ccc(-c2ccccc2)cc1. The number of phenols is 1. The molecule has 1 nitrogen and oxygen atoms in total. The van der Waals surface area contributed by atoms with Crippen molar-refractivity contribution in [1.82, 2.24) is 0 Å². The van der Waals surface area contributed by atoms with E-state index in [1.807, 2.05) is 18.2 Å². The first-order chi connectivity index (χ1) is 9.36. The summed E-state index contributed by atoms with van der Waals surface area (Å²) >= 11 is 0. The molecule has 1 N–H and O–H groups in total. The van der Waals surface area contributed by atoms with Crippen LogP contribution in [0.1, 0.15) is 0 Å². The van der Waals surface area contributed by atoms with E-state index in [0.717, 1.165) is 0 Å². The van der Waals surface area contributed by atoms with Crippen LogP contribution in [0.5, 0.6) is 5.75 Å². The molecule has 20 heavy (non-hydrogen) atoms. The number of benzene rings is 3. The van der Waals surface area contributed by atoms with E-state index in [1.54, 1.807) is 24.3 Å². The van der Waals surface area contributed by atoms with Crippen molar-refractivity contribution in [2.24, 2.45) is 0 Å². The summed E-state index contributed by atoms with van der Waals surface area (Å²) in [6.45, 7) is 0. The Labute approximate surface area is 134 Å². The van der Waals surface area contributed by atoms with Crippen LogP contribution < -0.4 is 0 Å². The fraction of sp³-hybridized carbons (Fsp3) is 0. The van der Waals surface area contributed by atoms with Crippen molar-refractivity contribution in [3.8, 4) is 16.9 Å². The van der Waals surface area contributed by atoms with Gasteiger partial charge in [0, 0.05) is 21.7 Å². The van der Waals surface area contributed by atoms with Gasteiger partial charge in [-0.15, -0.1) is 0 Å². The van der Waals surface area contributed by atoms with Crippen molar-refractivity contribution < 1.29 is 26.8 Å². The molecule has 3 aromatic carbocycles. The Kier molecular flexibility index (Phi) is 7.41. The second-order valence-electron chi connectivity index (χ2n) is 4.07. The Balaban J connectivity index is 0.000000216. The number of phenolic OH excluding ortho intramolecular Hbond substituents is 1. The zero-order chi connectivity index (χ0) is 13.3. The molecular formula is C18H16OTi. The molecule has 0 unspecified atom stereocenters. The molecule has 98 valence electrons. The minimum Gasteiger partial charge on any atom is -0.508 e. The molecule has 0 saturated heterocycles. The van der Waals surface area contributed by atoms with E-state index in [2.05, 4.69) is 48.5 Å². The number of aromatic hydroxyl groups is 1. The first kappa shape index (κ1) is 16.2. The number of hydrogen-bond donors (Lipinski definition) is 1. The standard InChI is InChI=1S/C12H10.C6H6O.Ti/c1-3-7-11(8-4-1)12-9-5-2-6-10-12;7-6-4-2-1-3-5-6;/h1-10H;1-5,7H;. The van der Waals surface area contributed by atoms with Gasteiger partial charge in [-0.1, -0.05) is 78.9 Å². The van der Waals surface area contributed by atoms with E-state index in [0.29, 0.717) is 5.75 Å². The van der Waals surface area contributed by atoms with Crippen molar-refractivity contribution in [2.45, 2.75) is 0 Å². The third kappa shape index (κ3) is 5.44. The van der Waals surface area contributed by atoms with Crippen LogP contribution in [-0.4, -0.2) is 5.11 Å². The maximum absolute atomic E-state index is 8.63. The van der Waals surface area contributed by atoms with Crippen LogP contribution in [0.2, 0.25) is 0 Å². The Morgan fingerprint density at radius 2 is 0.750 bits per heavy atom. The zero-order valence-corrected chi connectivity index (χ0v) is 12.7. The Bertz CT molecular complexity index is 542. The summed E-state index contributed by atoms with van der Waals surface area (Å²) in [5, 5.41) is 8.63. The van der Waals surface area contributed by atoms with Gasteiger partial charge in [-0.2, -0.15) is 0 Å². The molecule has 0 amide bonds. The van der Waals surface area contributed by atoms with Crippen LogP contribution in [0.25, 0.3) is 11.1 Å². The Morgan fingerprint density at radius 3 is 1.00 bits per heavy atom. The van der Waals surface area contributed by atoms with Crippen LogP contribution in [-0.2, 0) is 21.7 Å². The maximum Gasteiger partial charge on any atom is 0.115 e. The van der Waals surface area contributed by atoms with Gasteiger partial charge in [0.05, 0.1) is 0 Å². The van der Waals surface area contributed by atoms with Crippen LogP contribution in [0, 0.1) is 0 Å². The van der Waals surface area contributed by atoms with Gasteiger partial charge in [0.25, 0.3) is 0 Å². The van der Waals surface area contributed by atoms with Gasteiger partial charge < -0.3 is 5.11 Å². The molecule has 0 heterocycles. The van der Waals surface area contributed by atoms with Crippen LogP contribution in [0.4, 0.5) is 0 Å². The van der Waals surface area contributed by atoms with Gasteiger partial charge in [-0.25, -0.2) is 0 Å². The van der Waals surface area contributed by atoms with E-state index in [9.17, 15) is 0 Å². The summed E-state index contributed by atoms with van der Waals surface area (Å²) < 4.78 is 0. The third-order valence-electron chi connectivity index (χ3n) is 2.64. The average molecular weight is 296 g/mol. The molecule has 0 saturated carbocycles. The molecule has 0 bridgehead atoms. The van der Waals surface area contributed by atoms with Gasteiger partial charge in [-0.3, -0.25) is 0 Å². The van der Waals surface area contributed by atoms with Crippen LogP contribution >= 0.6 is 0 Å². The molecule has 0 spiro atoms. The molecule has 3 aromatic rings. The minimum absolute atomic E-state index is 0. The van der Waals surface area contributed by atoms with Gasteiger partial charge >= 0.3 is 0 Å². The normalized spacial score (nSPS) is 8.80. The summed E-state index contributed by atoms with van der Waals surface area (Å²) in [4.78, 5) is 0. The minimum atomic E-state index is 0. The molecule has 3 rings (SSSR count). The van der Waals surface area contributed by atoms with E-state index < -0.39 is 0 Å². The topological polar surface area (TPSA) is 20.2 Å². The third-order valence-corrected chi connectivity index (χ3v) is 2.64. The van der Waals surface area contributed by atoms with Gasteiger partial charge in [-0.05, 0) is 23.3 Å². The number of hydrogen-bond acceptors (Lipinski definition) is 1. The Morgan fingerprint density at radius 1 is 0.450 bits per heavy atom. The maximum atomic E-state index is 8.63. The first-order valence-corrected chi connectivity index (χ1v) is 6.21. The summed E-state index contributed by atoms with van der Waals surface area (Å²) in [5.74, 6) is 0.322. The van der Waals surface area contributed by atoms with E-state index in [1.165, 1.54) is 11.1 Å². The molecule has 0 fully saturated rings. The molecule has 0 radical (unpaired) electrons. The van der Waals surface area contributed by atoms with Crippen LogP contribution in [0.15, 0.2) is 91.0 Å². The molecule has 0 atom stereocenters. The number of rotatable bonds is 1. The van der Waals surface area contributed by atoms with Crippen molar-refractivity contribution in [1.29, 1.82) is 0 Å². The van der Waals surface area contributed by atoms with Gasteiger partial charge in [0.2, 0.25) is 0 Å².